The van der Waals surface area contributed by atoms with E-state index in [0.29, 0.717) is 6.61 Å². The molecule has 0 spiro atoms. The van der Waals surface area contributed by atoms with Crippen LogP contribution >= 0.6 is 15.9 Å². The minimum atomic E-state index is -0.891. The van der Waals surface area contributed by atoms with Crippen LogP contribution in [0.25, 0.3) is 0 Å². The maximum atomic E-state index is 13.2. The van der Waals surface area contributed by atoms with Crippen molar-refractivity contribution in [1.82, 2.24) is 0 Å². The molecule has 108 valence electrons. The largest absolute Gasteiger partial charge is 0.490 e. The molecule has 1 rings (SSSR count). The maximum Gasteiger partial charge on any atom is 0.200 e. The Bertz CT molecular complexity index is 358. The molecule has 19 heavy (non-hydrogen) atoms. The van der Waals surface area contributed by atoms with Gasteiger partial charge in [0.2, 0.25) is 5.82 Å². The van der Waals surface area contributed by atoms with E-state index in [4.69, 9.17) is 4.74 Å². The molecule has 1 aromatic rings. The van der Waals surface area contributed by atoms with Crippen LogP contribution in [0, 0.1) is 11.6 Å². The van der Waals surface area contributed by atoms with Crippen LogP contribution in [0.1, 0.15) is 44.9 Å². The molecule has 0 aliphatic carbocycles. The molecule has 0 N–H and O–H groups in total. The maximum absolute atomic E-state index is 13.2. The molecule has 1 nitrogen and oxygen atoms in total. The lowest BCUT2D eigenvalue weighted by molar-refractivity contribution is 0.285. The third-order valence-corrected chi connectivity index (χ3v) is 3.51. The molecule has 0 atom stereocenters. The number of ether oxygens (including phenoxy) is 1. The van der Waals surface area contributed by atoms with Crippen molar-refractivity contribution in [2.24, 2.45) is 0 Å². The van der Waals surface area contributed by atoms with Gasteiger partial charge in [-0.3, -0.25) is 0 Å². The van der Waals surface area contributed by atoms with Crippen molar-refractivity contribution in [3.05, 3.63) is 29.8 Å². The third-order valence-electron chi connectivity index (χ3n) is 2.95. The van der Waals surface area contributed by atoms with Crippen molar-refractivity contribution < 1.29 is 13.5 Å². The van der Waals surface area contributed by atoms with E-state index in [9.17, 15) is 8.78 Å². The lowest BCUT2D eigenvalue weighted by atomic mass is 10.1. The average molecular weight is 335 g/mol. The van der Waals surface area contributed by atoms with E-state index < -0.39 is 11.6 Å². The smallest absolute Gasteiger partial charge is 0.200 e. The Morgan fingerprint density at radius 3 is 2.21 bits per heavy atom. The molecule has 0 radical (unpaired) electrons. The molecule has 0 aliphatic heterocycles. The van der Waals surface area contributed by atoms with Gasteiger partial charge < -0.3 is 4.74 Å². The fourth-order valence-electron chi connectivity index (χ4n) is 1.86. The van der Waals surface area contributed by atoms with Crippen LogP contribution in [0.3, 0.4) is 0 Å². The normalized spacial score (nSPS) is 10.7. The minimum absolute atomic E-state index is 0.0114. The average Bonchev–Trinajstić information content (AvgIpc) is 2.41. The summed E-state index contributed by atoms with van der Waals surface area (Å²) in [5.41, 5.74) is 0. The van der Waals surface area contributed by atoms with Crippen LogP contribution in [0.4, 0.5) is 8.78 Å². The summed E-state index contributed by atoms with van der Waals surface area (Å²) in [5, 5.41) is 1.08. The minimum Gasteiger partial charge on any atom is -0.490 e. The van der Waals surface area contributed by atoms with Crippen molar-refractivity contribution in [3.8, 4) is 5.75 Å². The molecule has 0 unspecified atom stereocenters. The van der Waals surface area contributed by atoms with E-state index in [2.05, 4.69) is 15.9 Å². The van der Waals surface area contributed by atoms with Crippen molar-refractivity contribution in [1.29, 1.82) is 0 Å². The zero-order valence-electron chi connectivity index (χ0n) is 11.1. The lowest BCUT2D eigenvalue weighted by Gasteiger charge is -2.07. The Morgan fingerprint density at radius 2 is 1.53 bits per heavy atom. The Balaban J connectivity index is 2.03. The summed E-state index contributed by atoms with van der Waals surface area (Å²) in [7, 11) is 0. The molecule has 1 aromatic carbocycles. The third kappa shape index (κ3) is 6.90. The predicted octanol–water partition coefficient (Wildman–Crippen LogP) is 5.47. The summed E-state index contributed by atoms with van der Waals surface area (Å²) in [4.78, 5) is 0. The van der Waals surface area contributed by atoms with Crippen LogP contribution in [0.2, 0.25) is 0 Å². The molecule has 0 aromatic heterocycles. The van der Waals surface area contributed by atoms with E-state index >= 15 is 0 Å². The van der Waals surface area contributed by atoms with Gasteiger partial charge in [0.25, 0.3) is 0 Å². The molecule has 0 amide bonds. The summed E-state index contributed by atoms with van der Waals surface area (Å²) >= 11 is 3.41. The van der Waals surface area contributed by atoms with Crippen molar-refractivity contribution in [3.63, 3.8) is 0 Å². The SMILES string of the molecule is Fc1cccc(OCCCCCCCCCBr)c1F. The summed E-state index contributed by atoms with van der Waals surface area (Å²) in [6.45, 7) is 0.446. The second kappa shape index (κ2) is 10.2. The van der Waals surface area contributed by atoms with Gasteiger partial charge in [0.1, 0.15) is 0 Å². The molecule has 0 bridgehead atoms. The molecule has 0 heterocycles. The fourth-order valence-corrected chi connectivity index (χ4v) is 2.25. The van der Waals surface area contributed by atoms with Crippen molar-refractivity contribution >= 4 is 15.9 Å². The quantitative estimate of drug-likeness (QED) is 0.407. The zero-order chi connectivity index (χ0) is 13.9. The molecule has 0 saturated carbocycles. The van der Waals surface area contributed by atoms with Crippen LogP contribution in [-0.4, -0.2) is 11.9 Å². The Kier molecular flexibility index (Phi) is 8.80. The van der Waals surface area contributed by atoms with Crippen LogP contribution < -0.4 is 4.74 Å². The van der Waals surface area contributed by atoms with E-state index in [1.54, 1.807) is 0 Å². The van der Waals surface area contributed by atoms with Crippen molar-refractivity contribution in [2.45, 2.75) is 44.9 Å². The highest BCUT2D eigenvalue weighted by molar-refractivity contribution is 9.09. The summed E-state index contributed by atoms with van der Waals surface area (Å²) in [6, 6.07) is 4.01. The van der Waals surface area contributed by atoms with Crippen molar-refractivity contribution in [2.75, 3.05) is 11.9 Å². The number of unbranched alkanes of at least 4 members (excludes halogenated alkanes) is 6. The summed E-state index contributed by atoms with van der Waals surface area (Å²) in [6.07, 6.45) is 8.15. The van der Waals surface area contributed by atoms with E-state index in [1.807, 2.05) is 0 Å². The van der Waals surface area contributed by atoms with Gasteiger partial charge in [0, 0.05) is 5.33 Å². The first-order chi connectivity index (χ1) is 9.25. The van der Waals surface area contributed by atoms with Crippen LogP contribution in [0.15, 0.2) is 18.2 Å². The molecule has 0 saturated heterocycles. The first-order valence-electron chi connectivity index (χ1n) is 6.88. The Labute approximate surface area is 122 Å². The van der Waals surface area contributed by atoms with Gasteiger partial charge in [-0.2, -0.15) is 4.39 Å². The molecule has 0 aliphatic rings. The monoisotopic (exact) mass is 334 g/mol. The van der Waals surface area contributed by atoms with Crippen LogP contribution in [-0.2, 0) is 0 Å². The van der Waals surface area contributed by atoms with Gasteiger partial charge in [-0.05, 0) is 25.0 Å². The second-order valence-corrected chi connectivity index (χ2v) is 5.36. The number of rotatable bonds is 10. The second-order valence-electron chi connectivity index (χ2n) is 4.56. The molecular weight excluding hydrogens is 314 g/mol. The highest BCUT2D eigenvalue weighted by Gasteiger charge is 2.07. The molecule has 0 fully saturated rings. The Morgan fingerprint density at radius 1 is 0.895 bits per heavy atom. The predicted molar refractivity (Wildman–Crippen MR) is 78.0 cm³/mol. The topological polar surface area (TPSA) is 9.23 Å². The van der Waals surface area contributed by atoms with Gasteiger partial charge in [-0.15, -0.1) is 0 Å². The lowest BCUT2D eigenvalue weighted by Crippen LogP contribution is -2.00. The van der Waals surface area contributed by atoms with Gasteiger partial charge in [0.05, 0.1) is 6.61 Å². The highest BCUT2D eigenvalue weighted by atomic mass is 79.9. The number of alkyl halides is 1. The highest BCUT2D eigenvalue weighted by Crippen LogP contribution is 2.19. The van der Waals surface area contributed by atoms with Gasteiger partial charge in [-0.25, -0.2) is 4.39 Å². The fraction of sp³-hybridized carbons (Fsp3) is 0.600. The van der Waals surface area contributed by atoms with Gasteiger partial charge in [0.15, 0.2) is 11.6 Å². The summed E-state index contributed by atoms with van der Waals surface area (Å²) in [5.74, 6) is -1.74. The molecular formula is C15H21BrF2O. The van der Waals surface area contributed by atoms with E-state index in [0.717, 1.165) is 24.2 Å². The number of halogens is 3. The van der Waals surface area contributed by atoms with E-state index in [-0.39, 0.29) is 5.75 Å². The van der Waals surface area contributed by atoms with Gasteiger partial charge >= 0.3 is 0 Å². The number of hydrogen-bond acceptors (Lipinski definition) is 1. The number of hydrogen-bond donors (Lipinski definition) is 0. The molecule has 4 heteroatoms. The first kappa shape index (κ1) is 16.4. The Hall–Kier alpha value is -0.640. The van der Waals surface area contributed by atoms with Gasteiger partial charge in [-0.1, -0.05) is 54.1 Å². The zero-order valence-corrected chi connectivity index (χ0v) is 12.7. The van der Waals surface area contributed by atoms with Crippen LogP contribution in [0.5, 0.6) is 5.75 Å². The standard InChI is InChI=1S/C15H21BrF2O/c16-11-6-4-2-1-3-5-7-12-19-14-10-8-9-13(17)15(14)18/h8-10H,1-7,11-12H2. The summed E-state index contributed by atoms with van der Waals surface area (Å²) < 4.78 is 31.4. The van der Waals surface area contributed by atoms with E-state index in [1.165, 1.54) is 44.2 Å². The first-order valence-corrected chi connectivity index (χ1v) is 8.00. The number of benzene rings is 1.